The SMILES string of the molecule is CCS(=O)(=O)c1ccc(N2CCC(F)(F)C2)c(Nc2cc(Nc3ccc(Cl)cc3)ncn2)c1. The van der Waals surface area contributed by atoms with Gasteiger partial charge in [0.2, 0.25) is 0 Å². The van der Waals surface area contributed by atoms with Crippen LogP contribution in [0.15, 0.2) is 59.8 Å². The second-order valence-corrected chi connectivity index (χ2v) is 10.4. The highest BCUT2D eigenvalue weighted by Crippen LogP contribution is 2.37. The van der Waals surface area contributed by atoms with Crippen LogP contribution in [0, 0.1) is 0 Å². The predicted octanol–water partition coefficient (Wildman–Crippen LogP) is 5.26. The van der Waals surface area contributed by atoms with Gasteiger partial charge in [0.15, 0.2) is 9.84 Å². The number of anilines is 5. The van der Waals surface area contributed by atoms with Crippen LogP contribution in [-0.2, 0) is 9.84 Å². The Balaban J connectivity index is 1.65. The van der Waals surface area contributed by atoms with Crippen LogP contribution in [0.3, 0.4) is 0 Å². The molecule has 1 saturated heterocycles. The summed E-state index contributed by atoms with van der Waals surface area (Å²) in [5.74, 6) is -2.01. The van der Waals surface area contributed by atoms with Crippen LogP contribution in [0.5, 0.6) is 0 Å². The highest BCUT2D eigenvalue weighted by atomic mass is 35.5. The first-order valence-electron chi connectivity index (χ1n) is 10.3. The van der Waals surface area contributed by atoms with Crippen molar-refractivity contribution < 1.29 is 17.2 Å². The van der Waals surface area contributed by atoms with E-state index in [0.717, 1.165) is 5.69 Å². The molecular weight excluding hydrogens is 472 g/mol. The number of sulfone groups is 1. The average Bonchev–Trinajstić information content (AvgIpc) is 3.15. The number of rotatable bonds is 7. The lowest BCUT2D eigenvalue weighted by Crippen LogP contribution is -2.25. The second-order valence-electron chi connectivity index (χ2n) is 7.66. The normalized spacial score (nSPS) is 15.5. The van der Waals surface area contributed by atoms with Crippen molar-refractivity contribution >= 4 is 50.1 Å². The van der Waals surface area contributed by atoms with E-state index in [0.29, 0.717) is 28.0 Å². The van der Waals surface area contributed by atoms with Crippen LogP contribution in [0.4, 0.5) is 37.5 Å². The standard InChI is InChI=1S/C22H22ClF2N5O2S/c1-2-33(31,32)17-7-8-19(30-10-9-22(24,25)13-30)18(11-17)29-21-12-20(26-14-27-21)28-16-5-3-15(23)4-6-16/h3-8,11-12,14H,2,9-10,13H2,1H3,(H2,26,27,28,29). The van der Waals surface area contributed by atoms with Crippen molar-refractivity contribution in [1.82, 2.24) is 9.97 Å². The summed E-state index contributed by atoms with van der Waals surface area (Å²) in [6, 6.07) is 13.2. The molecule has 0 unspecified atom stereocenters. The van der Waals surface area contributed by atoms with E-state index in [1.165, 1.54) is 18.5 Å². The van der Waals surface area contributed by atoms with Crippen molar-refractivity contribution in [3.8, 4) is 0 Å². The largest absolute Gasteiger partial charge is 0.364 e. The molecule has 1 fully saturated rings. The minimum Gasteiger partial charge on any atom is -0.364 e. The van der Waals surface area contributed by atoms with Crippen LogP contribution < -0.4 is 15.5 Å². The second kappa shape index (κ2) is 9.11. The molecule has 174 valence electrons. The third-order valence-corrected chi connectivity index (χ3v) is 7.25. The van der Waals surface area contributed by atoms with E-state index in [4.69, 9.17) is 11.6 Å². The zero-order chi connectivity index (χ0) is 23.6. The fraction of sp³-hybridized carbons (Fsp3) is 0.273. The first-order chi connectivity index (χ1) is 15.6. The van der Waals surface area contributed by atoms with Crippen molar-refractivity contribution in [2.45, 2.75) is 24.2 Å². The van der Waals surface area contributed by atoms with Gasteiger partial charge in [-0.25, -0.2) is 27.2 Å². The lowest BCUT2D eigenvalue weighted by atomic mass is 10.2. The molecule has 0 bridgehead atoms. The van der Waals surface area contributed by atoms with E-state index < -0.39 is 22.3 Å². The zero-order valence-corrected chi connectivity index (χ0v) is 19.3. The minimum absolute atomic E-state index is 0.0732. The van der Waals surface area contributed by atoms with Gasteiger partial charge in [0.1, 0.15) is 18.0 Å². The highest BCUT2D eigenvalue weighted by molar-refractivity contribution is 7.91. The number of alkyl halides is 2. The quantitative estimate of drug-likeness (QED) is 0.464. The molecule has 0 aliphatic carbocycles. The van der Waals surface area contributed by atoms with Crippen LogP contribution in [0.25, 0.3) is 0 Å². The number of nitrogens with one attached hydrogen (secondary N) is 2. The summed E-state index contributed by atoms with van der Waals surface area (Å²) >= 11 is 5.91. The van der Waals surface area contributed by atoms with E-state index in [-0.39, 0.29) is 23.6 Å². The molecule has 33 heavy (non-hydrogen) atoms. The fourth-order valence-electron chi connectivity index (χ4n) is 3.51. The van der Waals surface area contributed by atoms with Crippen LogP contribution >= 0.6 is 11.6 Å². The van der Waals surface area contributed by atoms with Gasteiger partial charge in [-0.05, 0) is 42.5 Å². The van der Waals surface area contributed by atoms with Gasteiger partial charge >= 0.3 is 0 Å². The molecular formula is C22H22ClF2N5O2S. The number of hydrogen-bond donors (Lipinski definition) is 2. The van der Waals surface area contributed by atoms with Gasteiger partial charge in [-0.3, -0.25) is 0 Å². The minimum atomic E-state index is -3.49. The van der Waals surface area contributed by atoms with Gasteiger partial charge in [-0.2, -0.15) is 0 Å². The van der Waals surface area contributed by atoms with Crippen molar-refractivity contribution in [1.29, 1.82) is 0 Å². The lowest BCUT2D eigenvalue weighted by molar-refractivity contribution is 0.0257. The number of hydrogen-bond acceptors (Lipinski definition) is 7. The molecule has 0 spiro atoms. The first-order valence-corrected chi connectivity index (χ1v) is 12.3. The van der Waals surface area contributed by atoms with E-state index in [1.54, 1.807) is 48.2 Å². The summed E-state index contributed by atoms with van der Waals surface area (Å²) in [6.07, 6.45) is 1.08. The highest BCUT2D eigenvalue weighted by Gasteiger charge is 2.39. The molecule has 1 aromatic heterocycles. The molecule has 0 amide bonds. The Morgan fingerprint density at radius 1 is 1.06 bits per heavy atom. The maximum atomic E-state index is 13.9. The first kappa shape index (κ1) is 23.2. The Labute approximate surface area is 195 Å². The molecule has 4 rings (SSSR count). The maximum absolute atomic E-state index is 13.9. The molecule has 0 saturated carbocycles. The molecule has 3 aromatic rings. The van der Waals surface area contributed by atoms with Gasteiger partial charge in [0.25, 0.3) is 5.92 Å². The predicted molar refractivity (Wildman–Crippen MR) is 126 cm³/mol. The molecule has 2 N–H and O–H groups in total. The molecule has 1 aliphatic heterocycles. The Hall–Kier alpha value is -2.98. The van der Waals surface area contributed by atoms with E-state index in [2.05, 4.69) is 20.6 Å². The zero-order valence-electron chi connectivity index (χ0n) is 17.7. The summed E-state index contributed by atoms with van der Waals surface area (Å²) in [6.45, 7) is 1.28. The molecule has 2 heterocycles. The van der Waals surface area contributed by atoms with Crippen LogP contribution in [-0.4, -0.2) is 43.2 Å². The summed E-state index contributed by atoms with van der Waals surface area (Å²) in [7, 11) is -3.49. The topological polar surface area (TPSA) is 87.2 Å². The third-order valence-electron chi connectivity index (χ3n) is 5.26. The van der Waals surface area contributed by atoms with Crippen molar-refractivity contribution in [2.75, 3.05) is 34.4 Å². The Morgan fingerprint density at radius 2 is 1.76 bits per heavy atom. The number of halogens is 3. The fourth-order valence-corrected chi connectivity index (χ4v) is 4.54. The summed E-state index contributed by atoms with van der Waals surface area (Å²) < 4.78 is 52.5. The molecule has 0 radical (unpaired) electrons. The van der Waals surface area contributed by atoms with Crippen LogP contribution in [0.1, 0.15) is 13.3 Å². The average molecular weight is 494 g/mol. The Kier molecular flexibility index (Phi) is 6.40. The van der Waals surface area contributed by atoms with Crippen LogP contribution in [0.2, 0.25) is 5.02 Å². The van der Waals surface area contributed by atoms with Gasteiger partial charge in [-0.1, -0.05) is 18.5 Å². The number of benzene rings is 2. The monoisotopic (exact) mass is 493 g/mol. The molecule has 0 atom stereocenters. The van der Waals surface area contributed by atoms with E-state index in [9.17, 15) is 17.2 Å². The van der Waals surface area contributed by atoms with Gasteiger partial charge in [0.05, 0.1) is 28.6 Å². The Morgan fingerprint density at radius 3 is 2.39 bits per heavy atom. The maximum Gasteiger partial charge on any atom is 0.266 e. The van der Waals surface area contributed by atoms with E-state index >= 15 is 0 Å². The molecule has 1 aliphatic rings. The summed E-state index contributed by atoms with van der Waals surface area (Å²) in [5.41, 5.74) is 1.62. The van der Waals surface area contributed by atoms with Gasteiger partial charge < -0.3 is 15.5 Å². The van der Waals surface area contributed by atoms with Crippen molar-refractivity contribution in [3.05, 3.63) is 59.9 Å². The Bertz CT molecular complexity index is 1260. The third kappa shape index (κ3) is 5.51. The number of aromatic nitrogens is 2. The molecule has 7 nitrogen and oxygen atoms in total. The smallest absolute Gasteiger partial charge is 0.266 e. The van der Waals surface area contributed by atoms with E-state index in [1.807, 2.05) is 0 Å². The van der Waals surface area contributed by atoms with Gasteiger partial charge in [-0.15, -0.1) is 0 Å². The summed E-state index contributed by atoms with van der Waals surface area (Å²) in [5, 5.41) is 6.82. The molecule has 11 heteroatoms. The van der Waals surface area contributed by atoms with Crippen molar-refractivity contribution in [2.24, 2.45) is 0 Å². The van der Waals surface area contributed by atoms with Crippen molar-refractivity contribution in [3.63, 3.8) is 0 Å². The molecule has 2 aromatic carbocycles. The lowest BCUT2D eigenvalue weighted by Gasteiger charge is -2.23. The summed E-state index contributed by atoms with van der Waals surface area (Å²) in [4.78, 5) is 10.0. The van der Waals surface area contributed by atoms with Gasteiger partial charge in [0, 0.05) is 29.7 Å². The number of nitrogens with zero attached hydrogens (tertiary/aromatic N) is 3.